The van der Waals surface area contributed by atoms with Crippen LogP contribution in [0.1, 0.15) is 37.8 Å². The van der Waals surface area contributed by atoms with Gasteiger partial charge < -0.3 is 19.5 Å². The number of phenols is 1. The Balaban J connectivity index is 1.42. The van der Waals surface area contributed by atoms with Gasteiger partial charge in [0.2, 0.25) is 5.91 Å². The number of carbonyl (C=O) groups is 1. The minimum Gasteiger partial charge on any atom is -0.508 e. The molecule has 172 valence electrons. The summed E-state index contributed by atoms with van der Waals surface area (Å²) in [5.41, 5.74) is 1.97. The number of amides is 1. The van der Waals surface area contributed by atoms with Crippen molar-refractivity contribution in [3.05, 3.63) is 53.6 Å². The maximum atomic E-state index is 13.5. The minimum absolute atomic E-state index is 0.0139. The Morgan fingerprint density at radius 2 is 1.94 bits per heavy atom. The number of para-hydroxylation sites is 1. The molecule has 0 unspecified atom stereocenters. The second-order valence-corrected chi connectivity index (χ2v) is 9.29. The summed E-state index contributed by atoms with van der Waals surface area (Å²) in [5.74, 6) is 2.46. The Bertz CT molecular complexity index is 930. The molecule has 1 amide bonds. The molecule has 0 bridgehead atoms. The lowest BCUT2D eigenvalue weighted by molar-refractivity contribution is -0.136. The first-order chi connectivity index (χ1) is 15.5. The first kappa shape index (κ1) is 22.5. The zero-order valence-corrected chi connectivity index (χ0v) is 19.1. The van der Waals surface area contributed by atoms with Gasteiger partial charge in [0, 0.05) is 38.2 Å². The van der Waals surface area contributed by atoms with Gasteiger partial charge >= 0.3 is 0 Å². The number of aromatic hydroxyl groups is 1. The van der Waals surface area contributed by atoms with Gasteiger partial charge in [0.25, 0.3) is 0 Å². The molecular weight excluding hydrogens is 404 g/mol. The lowest BCUT2D eigenvalue weighted by Crippen LogP contribution is -2.39. The number of benzene rings is 2. The molecule has 4 rings (SSSR count). The van der Waals surface area contributed by atoms with Crippen LogP contribution in [0.25, 0.3) is 0 Å². The third-order valence-electron chi connectivity index (χ3n) is 6.09. The van der Waals surface area contributed by atoms with Crippen LogP contribution in [0.3, 0.4) is 0 Å². The molecule has 0 aliphatic carbocycles. The first-order valence-corrected chi connectivity index (χ1v) is 11.7. The fourth-order valence-corrected chi connectivity index (χ4v) is 4.52. The van der Waals surface area contributed by atoms with Crippen LogP contribution in [0.15, 0.2) is 42.5 Å². The lowest BCUT2D eigenvalue weighted by atomic mass is 10.0. The van der Waals surface area contributed by atoms with E-state index in [4.69, 9.17) is 9.47 Å². The van der Waals surface area contributed by atoms with E-state index in [-0.39, 0.29) is 11.8 Å². The van der Waals surface area contributed by atoms with Crippen molar-refractivity contribution in [1.82, 2.24) is 9.80 Å². The predicted molar refractivity (Wildman–Crippen MR) is 124 cm³/mol. The van der Waals surface area contributed by atoms with Crippen molar-refractivity contribution in [3.63, 3.8) is 0 Å². The zero-order chi connectivity index (χ0) is 22.5. The predicted octanol–water partition coefficient (Wildman–Crippen LogP) is 4.06. The summed E-state index contributed by atoms with van der Waals surface area (Å²) in [4.78, 5) is 17.7. The van der Waals surface area contributed by atoms with Gasteiger partial charge in [-0.3, -0.25) is 9.69 Å². The van der Waals surface area contributed by atoms with Crippen molar-refractivity contribution < 1.29 is 19.4 Å². The average Bonchev–Trinajstić information content (AvgIpc) is 3.11. The standard InChI is InChI=1S/C26H34N2O4/c1-19(2)15-28(16-20-8-9-24-25(14-20)32-13-5-12-31-24)26(30)22-10-11-27(18-22)17-21-6-3-4-7-23(21)29/h3-4,6-9,14,19,22,29H,5,10-13,15-18H2,1-2H3/t22-/m1/s1. The van der Waals surface area contributed by atoms with Crippen molar-refractivity contribution in [1.29, 1.82) is 0 Å². The Morgan fingerprint density at radius 1 is 1.16 bits per heavy atom. The SMILES string of the molecule is CC(C)CN(Cc1ccc2c(c1)OCCCO2)C(=O)[C@@H]1CCN(Cc2ccccc2O)C1. The van der Waals surface area contributed by atoms with Gasteiger partial charge in [-0.1, -0.05) is 38.1 Å². The third kappa shape index (κ3) is 5.54. The number of phenolic OH excluding ortho intramolecular Hbond substituents is 1. The van der Waals surface area contributed by atoms with Gasteiger partial charge in [0.1, 0.15) is 5.75 Å². The summed E-state index contributed by atoms with van der Waals surface area (Å²) < 4.78 is 11.6. The van der Waals surface area contributed by atoms with Gasteiger partial charge in [0.05, 0.1) is 19.1 Å². The third-order valence-corrected chi connectivity index (χ3v) is 6.09. The van der Waals surface area contributed by atoms with Crippen LogP contribution in [-0.2, 0) is 17.9 Å². The van der Waals surface area contributed by atoms with Crippen molar-refractivity contribution in [2.45, 2.75) is 39.8 Å². The maximum absolute atomic E-state index is 13.5. The van der Waals surface area contributed by atoms with E-state index in [2.05, 4.69) is 18.7 Å². The van der Waals surface area contributed by atoms with Crippen LogP contribution in [0.4, 0.5) is 0 Å². The first-order valence-electron chi connectivity index (χ1n) is 11.7. The molecule has 1 atom stereocenters. The minimum atomic E-state index is -0.0139. The summed E-state index contributed by atoms with van der Waals surface area (Å²) in [6.45, 7) is 9.17. The van der Waals surface area contributed by atoms with Gasteiger partial charge in [-0.2, -0.15) is 0 Å². The fraction of sp³-hybridized carbons (Fsp3) is 0.500. The molecule has 0 spiro atoms. The molecule has 6 heteroatoms. The van der Waals surface area contributed by atoms with Crippen molar-refractivity contribution in [3.8, 4) is 17.2 Å². The monoisotopic (exact) mass is 438 g/mol. The van der Waals surface area contributed by atoms with Gasteiger partial charge in [-0.05, 0) is 42.6 Å². The van der Waals surface area contributed by atoms with Crippen molar-refractivity contribution >= 4 is 5.91 Å². The average molecular weight is 439 g/mol. The van der Waals surface area contributed by atoms with E-state index in [1.54, 1.807) is 6.07 Å². The smallest absolute Gasteiger partial charge is 0.227 e. The highest BCUT2D eigenvalue weighted by molar-refractivity contribution is 5.79. The van der Waals surface area contributed by atoms with E-state index in [0.29, 0.717) is 38.0 Å². The number of likely N-dealkylation sites (tertiary alicyclic amines) is 1. The molecule has 2 aliphatic heterocycles. The summed E-state index contributed by atoms with van der Waals surface area (Å²) in [7, 11) is 0. The maximum Gasteiger partial charge on any atom is 0.227 e. The molecule has 32 heavy (non-hydrogen) atoms. The molecule has 2 aromatic rings. The van der Waals surface area contributed by atoms with E-state index in [1.807, 2.05) is 41.3 Å². The van der Waals surface area contributed by atoms with E-state index in [9.17, 15) is 9.90 Å². The Morgan fingerprint density at radius 3 is 2.72 bits per heavy atom. The largest absolute Gasteiger partial charge is 0.508 e. The molecule has 1 saturated heterocycles. The number of rotatable bonds is 7. The quantitative estimate of drug-likeness (QED) is 0.706. The second kappa shape index (κ2) is 10.3. The van der Waals surface area contributed by atoms with Crippen LogP contribution in [0, 0.1) is 11.8 Å². The second-order valence-electron chi connectivity index (χ2n) is 9.29. The molecule has 2 aromatic carbocycles. The number of hydrogen-bond donors (Lipinski definition) is 1. The molecule has 6 nitrogen and oxygen atoms in total. The highest BCUT2D eigenvalue weighted by atomic mass is 16.5. The van der Waals surface area contributed by atoms with Crippen LogP contribution in [0.5, 0.6) is 17.2 Å². The topological polar surface area (TPSA) is 62.2 Å². The normalized spacial score (nSPS) is 18.5. The number of fused-ring (bicyclic) bond motifs is 1. The van der Waals surface area contributed by atoms with E-state index < -0.39 is 0 Å². The van der Waals surface area contributed by atoms with Crippen LogP contribution in [0.2, 0.25) is 0 Å². The van der Waals surface area contributed by atoms with E-state index in [0.717, 1.165) is 55.1 Å². The highest BCUT2D eigenvalue weighted by Crippen LogP contribution is 2.31. The van der Waals surface area contributed by atoms with E-state index >= 15 is 0 Å². The molecular formula is C26H34N2O4. The molecule has 0 radical (unpaired) electrons. The van der Waals surface area contributed by atoms with Gasteiger partial charge in [-0.15, -0.1) is 0 Å². The number of carbonyl (C=O) groups excluding carboxylic acids is 1. The van der Waals surface area contributed by atoms with Gasteiger partial charge in [-0.25, -0.2) is 0 Å². The molecule has 0 saturated carbocycles. The molecule has 0 aromatic heterocycles. The van der Waals surface area contributed by atoms with Crippen LogP contribution < -0.4 is 9.47 Å². The fourth-order valence-electron chi connectivity index (χ4n) is 4.52. The summed E-state index contributed by atoms with van der Waals surface area (Å²) >= 11 is 0. The highest BCUT2D eigenvalue weighted by Gasteiger charge is 2.32. The summed E-state index contributed by atoms with van der Waals surface area (Å²) in [5, 5.41) is 10.1. The molecule has 2 aliphatic rings. The van der Waals surface area contributed by atoms with Crippen LogP contribution in [-0.4, -0.2) is 53.7 Å². The van der Waals surface area contributed by atoms with Crippen molar-refractivity contribution in [2.24, 2.45) is 11.8 Å². The summed E-state index contributed by atoms with van der Waals surface area (Å²) in [6.07, 6.45) is 1.73. The van der Waals surface area contributed by atoms with E-state index in [1.165, 1.54) is 0 Å². The Kier molecular flexibility index (Phi) is 7.20. The number of nitrogens with zero attached hydrogens (tertiary/aromatic N) is 2. The number of ether oxygens (including phenoxy) is 2. The van der Waals surface area contributed by atoms with Crippen LogP contribution >= 0.6 is 0 Å². The molecule has 2 heterocycles. The molecule has 1 fully saturated rings. The molecule has 1 N–H and O–H groups in total. The van der Waals surface area contributed by atoms with Crippen molar-refractivity contribution in [2.75, 3.05) is 32.8 Å². The lowest BCUT2D eigenvalue weighted by Gasteiger charge is -2.28. The summed E-state index contributed by atoms with van der Waals surface area (Å²) in [6, 6.07) is 13.4. The van der Waals surface area contributed by atoms with Gasteiger partial charge in [0.15, 0.2) is 11.5 Å². The number of hydrogen-bond acceptors (Lipinski definition) is 5. The Hall–Kier alpha value is -2.73. The zero-order valence-electron chi connectivity index (χ0n) is 19.1. The Labute approximate surface area is 190 Å².